The van der Waals surface area contributed by atoms with Gasteiger partial charge in [-0.15, -0.1) is 12.4 Å². The normalized spacial score (nSPS) is 17.2. The second kappa shape index (κ2) is 4.51. The molecule has 0 atom stereocenters. The number of hydrogen-bond donors (Lipinski definition) is 1. The van der Waals surface area contributed by atoms with Crippen LogP contribution >= 0.6 is 12.4 Å². The van der Waals surface area contributed by atoms with E-state index in [2.05, 4.69) is 10.1 Å². The summed E-state index contributed by atoms with van der Waals surface area (Å²) in [4.78, 5) is 3.99. The van der Waals surface area contributed by atoms with Gasteiger partial charge in [0.2, 0.25) is 0 Å². The Labute approximate surface area is 99.5 Å². The van der Waals surface area contributed by atoms with Gasteiger partial charge in [-0.05, 0) is 38.7 Å². The minimum Gasteiger partial charge on any atom is -0.331 e. The van der Waals surface area contributed by atoms with Crippen LogP contribution in [0.3, 0.4) is 0 Å². The number of allylic oxidation sites excluding steroid dienone is 1. The molecule has 0 aromatic carbocycles. The number of hydrogen-bond acceptors (Lipinski definition) is 4. The van der Waals surface area contributed by atoms with E-state index in [1.54, 1.807) is 13.8 Å². The minimum absolute atomic E-state index is 0. The molecule has 1 heterocycles. The highest BCUT2D eigenvalue weighted by Gasteiger charge is 2.39. The molecule has 1 aromatic heterocycles. The van der Waals surface area contributed by atoms with E-state index in [1.807, 2.05) is 0 Å². The predicted molar refractivity (Wildman–Crippen MR) is 60.6 cm³/mol. The van der Waals surface area contributed by atoms with Crippen molar-refractivity contribution in [3.8, 4) is 0 Å². The first-order valence-electron chi connectivity index (χ1n) is 4.99. The summed E-state index contributed by atoms with van der Waals surface area (Å²) in [5.74, 6) is -0.112. The van der Waals surface area contributed by atoms with E-state index in [4.69, 9.17) is 10.3 Å². The Balaban J connectivity index is 0.00000128. The van der Waals surface area contributed by atoms with Crippen molar-refractivity contribution in [3.05, 3.63) is 17.3 Å². The molecule has 0 amide bonds. The fourth-order valence-corrected chi connectivity index (χ4v) is 1.51. The Morgan fingerprint density at radius 1 is 1.44 bits per heavy atom. The summed E-state index contributed by atoms with van der Waals surface area (Å²) in [5.41, 5.74) is 6.01. The van der Waals surface area contributed by atoms with E-state index < -0.39 is 11.4 Å². The van der Waals surface area contributed by atoms with Crippen LogP contribution in [-0.4, -0.2) is 10.1 Å². The topological polar surface area (TPSA) is 64.9 Å². The van der Waals surface area contributed by atoms with Crippen molar-refractivity contribution >= 4 is 18.2 Å². The standard InChI is InChI=1S/C10H14FN3O.ClH/c1-6(2)7(11)8-13-9(14-15-8)10(12)4-3-5-10;/h3-5,12H2,1-2H3;1H. The largest absolute Gasteiger partial charge is 0.331 e. The molecule has 2 rings (SSSR count). The third-order valence-electron chi connectivity index (χ3n) is 2.74. The van der Waals surface area contributed by atoms with E-state index in [9.17, 15) is 4.39 Å². The summed E-state index contributed by atoms with van der Waals surface area (Å²) >= 11 is 0. The zero-order chi connectivity index (χ0) is 11.1. The van der Waals surface area contributed by atoms with Gasteiger partial charge in [0.1, 0.15) is 0 Å². The Hall–Kier alpha value is -0.940. The predicted octanol–water partition coefficient (Wildman–Crippen LogP) is 2.55. The smallest absolute Gasteiger partial charge is 0.286 e. The summed E-state index contributed by atoms with van der Waals surface area (Å²) < 4.78 is 18.3. The molecule has 0 spiro atoms. The van der Waals surface area contributed by atoms with Crippen molar-refractivity contribution < 1.29 is 8.91 Å². The quantitative estimate of drug-likeness (QED) is 0.872. The van der Waals surface area contributed by atoms with E-state index in [-0.39, 0.29) is 18.3 Å². The van der Waals surface area contributed by atoms with Crippen LogP contribution in [0.2, 0.25) is 0 Å². The number of aromatic nitrogens is 2. The van der Waals surface area contributed by atoms with Gasteiger partial charge in [0.05, 0.1) is 5.54 Å². The Morgan fingerprint density at radius 3 is 2.50 bits per heavy atom. The summed E-state index contributed by atoms with van der Waals surface area (Å²) in [7, 11) is 0. The molecular formula is C10H15ClFN3O. The molecule has 4 nitrogen and oxygen atoms in total. The van der Waals surface area contributed by atoms with Gasteiger partial charge in [-0.25, -0.2) is 4.39 Å². The van der Waals surface area contributed by atoms with Gasteiger partial charge in [-0.2, -0.15) is 4.98 Å². The van der Waals surface area contributed by atoms with E-state index in [1.165, 1.54) is 0 Å². The lowest BCUT2D eigenvalue weighted by Gasteiger charge is -2.34. The molecule has 6 heteroatoms. The van der Waals surface area contributed by atoms with Gasteiger partial charge in [-0.1, -0.05) is 5.16 Å². The second-order valence-corrected chi connectivity index (χ2v) is 4.25. The van der Waals surface area contributed by atoms with Crippen molar-refractivity contribution in [2.75, 3.05) is 0 Å². The molecule has 0 unspecified atom stereocenters. The average molecular weight is 248 g/mol. The molecule has 0 saturated heterocycles. The summed E-state index contributed by atoms with van der Waals surface area (Å²) in [6, 6.07) is 0. The molecule has 0 bridgehead atoms. The van der Waals surface area contributed by atoms with Crippen molar-refractivity contribution in [3.63, 3.8) is 0 Å². The Morgan fingerprint density at radius 2 is 2.06 bits per heavy atom. The van der Waals surface area contributed by atoms with Crippen LogP contribution in [0.5, 0.6) is 0 Å². The fourth-order valence-electron chi connectivity index (χ4n) is 1.51. The van der Waals surface area contributed by atoms with Crippen LogP contribution in [0.1, 0.15) is 44.8 Å². The van der Waals surface area contributed by atoms with Gasteiger partial charge in [0, 0.05) is 0 Å². The minimum atomic E-state index is -0.496. The van der Waals surface area contributed by atoms with E-state index in [0.29, 0.717) is 11.4 Å². The molecule has 0 radical (unpaired) electrons. The molecule has 0 aliphatic heterocycles. The van der Waals surface area contributed by atoms with Crippen molar-refractivity contribution in [2.24, 2.45) is 5.73 Å². The van der Waals surface area contributed by atoms with Crippen molar-refractivity contribution in [1.29, 1.82) is 0 Å². The lowest BCUT2D eigenvalue weighted by atomic mass is 9.77. The monoisotopic (exact) mass is 247 g/mol. The molecule has 1 aromatic rings. The summed E-state index contributed by atoms with van der Waals surface area (Å²) in [5, 5.41) is 3.73. The maximum atomic E-state index is 13.4. The molecule has 1 saturated carbocycles. The second-order valence-electron chi connectivity index (χ2n) is 4.25. The van der Waals surface area contributed by atoms with Gasteiger partial charge in [-0.3, -0.25) is 0 Å². The van der Waals surface area contributed by atoms with Crippen LogP contribution in [0.4, 0.5) is 4.39 Å². The summed E-state index contributed by atoms with van der Waals surface area (Å²) in [6.45, 7) is 3.31. The van der Waals surface area contributed by atoms with Crippen molar-refractivity contribution in [2.45, 2.75) is 38.6 Å². The van der Waals surface area contributed by atoms with Gasteiger partial charge >= 0.3 is 0 Å². The highest BCUT2D eigenvalue weighted by atomic mass is 35.5. The third-order valence-corrected chi connectivity index (χ3v) is 2.74. The number of rotatable bonds is 2. The first-order valence-corrected chi connectivity index (χ1v) is 4.99. The first-order chi connectivity index (χ1) is 7.03. The molecule has 90 valence electrons. The lowest BCUT2D eigenvalue weighted by Crippen LogP contribution is -2.44. The number of halogens is 2. The number of nitrogens with two attached hydrogens (primary N) is 1. The molecule has 1 aliphatic carbocycles. The molecule has 16 heavy (non-hydrogen) atoms. The average Bonchev–Trinajstić information content (AvgIpc) is 2.61. The maximum absolute atomic E-state index is 13.4. The highest BCUT2D eigenvalue weighted by Crippen LogP contribution is 2.37. The Kier molecular flexibility index (Phi) is 3.70. The van der Waals surface area contributed by atoms with Crippen LogP contribution in [-0.2, 0) is 5.54 Å². The molecule has 2 N–H and O–H groups in total. The Bertz CT molecular complexity index is 408. The maximum Gasteiger partial charge on any atom is 0.286 e. The lowest BCUT2D eigenvalue weighted by molar-refractivity contribution is 0.229. The van der Waals surface area contributed by atoms with Gasteiger partial charge < -0.3 is 10.3 Å². The van der Waals surface area contributed by atoms with Gasteiger partial charge in [0.15, 0.2) is 11.7 Å². The molecular weight excluding hydrogens is 233 g/mol. The van der Waals surface area contributed by atoms with Gasteiger partial charge in [0.25, 0.3) is 5.89 Å². The first kappa shape index (κ1) is 13.1. The third kappa shape index (κ3) is 2.10. The van der Waals surface area contributed by atoms with Crippen LogP contribution in [0, 0.1) is 0 Å². The molecule has 1 fully saturated rings. The zero-order valence-corrected chi connectivity index (χ0v) is 10.1. The number of nitrogens with zero attached hydrogens (tertiary/aromatic N) is 2. The van der Waals surface area contributed by atoms with E-state index in [0.717, 1.165) is 19.3 Å². The van der Waals surface area contributed by atoms with E-state index >= 15 is 0 Å². The van der Waals surface area contributed by atoms with Crippen LogP contribution in [0.15, 0.2) is 10.1 Å². The molecule has 1 aliphatic rings. The van der Waals surface area contributed by atoms with Crippen LogP contribution in [0.25, 0.3) is 5.83 Å². The van der Waals surface area contributed by atoms with Crippen molar-refractivity contribution in [1.82, 2.24) is 10.1 Å². The highest BCUT2D eigenvalue weighted by molar-refractivity contribution is 5.85. The SMILES string of the molecule is CC(C)=C(F)c1nc(C2(N)CCC2)no1.Cl. The summed E-state index contributed by atoms with van der Waals surface area (Å²) in [6.07, 6.45) is 2.73. The van der Waals surface area contributed by atoms with Crippen LogP contribution < -0.4 is 5.73 Å². The fraction of sp³-hybridized carbons (Fsp3) is 0.600. The zero-order valence-electron chi connectivity index (χ0n) is 9.29.